The zero-order chi connectivity index (χ0) is 18.5. The predicted molar refractivity (Wildman–Crippen MR) is 103 cm³/mol. The van der Waals surface area contributed by atoms with E-state index in [1.165, 1.54) is 11.8 Å². The van der Waals surface area contributed by atoms with Crippen LogP contribution in [0.1, 0.15) is 0 Å². The Labute approximate surface area is 155 Å². The molecule has 7 nitrogen and oxygen atoms in total. The van der Waals surface area contributed by atoms with E-state index in [9.17, 15) is 4.79 Å². The van der Waals surface area contributed by atoms with Crippen molar-refractivity contribution < 1.29 is 9.53 Å². The molecule has 3 N–H and O–H groups in total. The van der Waals surface area contributed by atoms with Gasteiger partial charge in [-0.1, -0.05) is 23.9 Å². The lowest BCUT2D eigenvalue weighted by Gasteiger charge is -2.09. The molecule has 0 aliphatic carbocycles. The van der Waals surface area contributed by atoms with Crippen LogP contribution in [0, 0.1) is 0 Å². The lowest BCUT2D eigenvalue weighted by molar-refractivity contribution is -0.113. The van der Waals surface area contributed by atoms with E-state index in [-0.39, 0.29) is 11.7 Å². The summed E-state index contributed by atoms with van der Waals surface area (Å²) in [4.78, 5) is 12.2. The number of hydrogen-bond acceptors (Lipinski definition) is 6. The molecule has 0 unspecified atom stereocenters. The highest BCUT2D eigenvalue weighted by molar-refractivity contribution is 7.99. The number of nitrogen functional groups attached to an aromatic ring is 1. The zero-order valence-electron chi connectivity index (χ0n) is 14.5. The van der Waals surface area contributed by atoms with Crippen molar-refractivity contribution in [3.63, 3.8) is 0 Å². The van der Waals surface area contributed by atoms with Crippen molar-refractivity contribution in [2.75, 3.05) is 23.9 Å². The van der Waals surface area contributed by atoms with E-state index in [0.717, 1.165) is 11.4 Å². The molecule has 0 radical (unpaired) electrons. The molecule has 0 aliphatic rings. The maximum absolute atomic E-state index is 12.2. The van der Waals surface area contributed by atoms with E-state index in [4.69, 9.17) is 10.5 Å². The molecule has 3 aromatic rings. The number of anilines is 2. The van der Waals surface area contributed by atoms with Gasteiger partial charge in [0, 0.05) is 18.3 Å². The largest absolute Gasteiger partial charge is 0.495 e. The SMILES string of the molecule is COc1ccccc1NC(=O)CSc1nnc(-c2ccc(N)cc2)n1C. The Bertz CT molecular complexity index is 908. The van der Waals surface area contributed by atoms with Crippen molar-refractivity contribution >= 4 is 29.0 Å². The second kappa shape index (κ2) is 7.92. The van der Waals surface area contributed by atoms with Gasteiger partial charge in [0.1, 0.15) is 5.75 Å². The molecule has 1 aromatic heterocycles. The Morgan fingerprint density at radius 3 is 2.65 bits per heavy atom. The van der Waals surface area contributed by atoms with E-state index in [0.29, 0.717) is 22.3 Å². The highest BCUT2D eigenvalue weighted by Gasteiger charge is 2.13. The summed E-state index contributed by atoms with van der Waals surface area (Å²) in [7, 11) is 3.43. The standard InChI is InChI=1S/C18H19N5O2S/c1-23-17(12-7-9-13(19)10-8-12)21-22-18(23)26-11-16(24)20-14-5-3-4-6-15(14)25-2/h3-10H,11,19H2,1-2H3,(H,20,24). The number of benzene rings is 2. The monoisotopic (exact) mass is 369 g/mol. The second-order valence-electron chi connectivity index (χ2n) is 5.52. The van der Waals surface area contributed by atoms with E-state index >= 15 is 0 Å². The summed E-state index contributed by atoms with van der Waals surface area (Å²) in [6.07, 6.45) is 0. The van der Waals surface area contributed by atoms with Crippen LogP contribution in [0.5, 0.6) is 5.75 Å². The molecule has 0 atom stereocenters. The molecule has 134 valence electrons. The fourth-order valence-electron chi connectivity index (χ4n) is 2.39. The number of thioether (sulfide) groups is 1. The van der Waals surface area contributed by atoms with Crippen LogP contribution in [0.2, 0.25) is 0 Å². The summed E-state index contributed by atoms with van der Waals surface area (Å²) in [5.41, 5.74) is 7.96. The van der Waals surface area contributed by atoms with Crippen LogP contribution in [0.25, 0.3) is 11.4 Å². The Balaban J connectivity index is 1.65. The first-order chi connectivity index (χ1) is 12.6. The molecule has 0 spiro atoms. The van der Waals surface area contributed by atoms with E-state index in [1.807, 2.05) is 48.0 Å². The molecule has 8 heteroatoms. The molecule has 0 fully saturated rings. The third-order valence-corrected chi connectivity index (χ3v) is 4.74. The van der Waals surface area contributed by atoms with Crippen LogP contribution < -0.4 is 15.8 Å². The number of amides is 1. The quantitative estimate of drug-likeness (QED) is 0.512. The van der Waals surface area contributed by atoms with Gasteiger partial charge in [-0.2, -0.15) is 0 Å². The first-order valence-corrected chi connectivity index (χ1v) is 8.88. The first kappa shape index (κ1) is 17.8. The minimum atomic E-state index is -0.142. The third kappa shape index (κ3) is 3.97. The van der Waals surface area contributed by atoms with Crippen LogP contribution in [-0.2, 0) is 11.8 Å². The summed E-state index contributed by atoms with van der Waals surface area (Å²) in [5.74, 6) is 1.41. The topological polar surface area (TPSA) is 95.1 Å². The van der Waals surface area contributed by atoms with Gasteiger partial charge in [-0.05, 0) is 36.4 Å². The third-order valence-electron chi connectivity index (χ3n) is 3.72. The number of carbonyl (C=O) groups excluding carboxylic acids is 1. The van der Waals surface area contributed by atoms with Crippen molar-refractivity contribution in [1.82, 2.24) is 14.8 Å². The van der Waals surface area contributed by atoms with Gasteiger partial charge >= 0.3 is 0 Å². The fraction of sp³-hybridized carbons (Fsp3) is 0.167. The summed E-state index contributed by atoms with van der Waals surface area (Å²) in [6.45, 7) is 0. The number of methoxy groups -OCH3 is 1. The molecule has 26 heavy (non-hydrogen) atoms. The average Bonchev–Trinajstić information content (AvgIpc) is 3.02. The Kier molecular flexibility index (Phi) is 5.43. The number of nitrogens with one attached hydrogen (secondary N) is 1. The number of para-hydroxylation sites is 2. The lowest BCUT2D eigenvalue weighted by Crippen LogP contribution is -2.15. The molecule has 0 aliphatic heterocycles. The smallest absolute Gasteiger partial charge is 0.234 e. The zero-order valence-corrected chi connectivity index (χ0v) is 15.3. The molecular weight excluding hydrogens is 350 g/mol. The normalized spacial score (nSPS) is 10.5. The molecule has 0 bridgehead atoms. The van der Waals surface area contributed by atoms with E-state index in [2.05, 4.69) is 15.5 Å². The van der Waals surface area contributed by atoms with Crippen LogP contribution in [0.4, 0.5) is 11.4 Å². The minimum Gasteiger partial charge on any atom is -0.495 e. The highest BCUT2D eigenvalue weighted by atomic mass is 32.2. The molecule has 1 heterocycles. The van der Waals surface area contributed by atoms with Crippen LogP contribution in [-0.4, -0.2) is 33.5 Å². The van der Waals surface area contributed by atoms with Gasteiger partial charge in [0.05, 0.1) is 18.6 Å². The number of hydrogen-bond donors (Lipinski definition) is 2. The van der Waals surface area contributed by atoms with Crippen molar-refractivity contribution in [3.8, 4) is 17.1 Å². The summed E-state index contributed by atoms with van der Waals surface area (Å²) >= 11 is 1.32. The van der Waals surface area contributed by atoms with Crippen molar-refractivity contribution in [3.05, 3.63) is 48.5 Å². The van der Waals surface area contributed by atoms with Gasteiger partial charge in [0.2, 0.25) is 5.91 Å². The minimum absolute atomic E-state index is 0.142. The van der Waals surface area contributed by atoms with Crippen LogP contribution in [0.15, 0.2) is 53.7 Å². The van der Waals surface area contributed by atoms with Gasteiger partial charge in [0.15, 0.2) is 11.0 Å². The van der Waals surface area contributed by atoms with Crippen molar-refractivity contribution in [2.45, 2.75) is 5.16 Å². The van der Waals surface area contributed by atoms with Crippen molar-refractivity contribution in [2.24, 2.45) is 7.05 Å². The van der Waals surface area contributed by atoms with Crippen LogP contribution >= 0.6 is 11.8 Å². The highest BCUT2D eigenvalue weighted by Crippen LogP contribution is 2.25. The van der Waals surface area contributed by atoms with Crippen molar-refractivity contribution in [1.29, 1.82) is 0 Å². The van der Waals surface area contributed by atoms with Crippen LogP contribution in [0.3, 0.4) is 0 Å². The number of ether oxygens (including phenoxy) is 1. The number of aromatic nitrogens is 3. The fourth-order valence-corrected chi connectivity index (χ4v) is 3.10. The molecule has 3 rings (SSSR count). The average molecular weight is 369 g/mol. The summed E-state index contributed by atoms with van der Waals surface area (Å²) < 4.78 is 7.09. The first-order valence-electron chi connectivity index (χ1n) is 7.89. The van der Waals surface area contributed by atoms with Gasteiger partial charge in [-0.15, -0.1) is 10.2 Å². The molecular formula is C18H19N5O2S. The molecule has 2 aromatic carbocycles. The number of nitrogens with zero attached hydrogens (tertiary/aromatic N) is 3. The van der Waals surface area contributed by atoms with E-state index in [1.54, 1.807) is 19.2 Å². The molecule has 0 saturated heterocycles. The Hall–Kier alpha value is -3.00. The van der Waals surface area contributed by atoms with E-state index < -0.39 is 0 Å². The maximum Gasteiger partial charge on any atom is 0.234 e. The maximum atomic E-state index is 12.2. The molecule has 1 amide bonds. The summed E-state index contributed by atoms with van der Waals surface area (Å²) in [5, 5.41) is 11.9. The number of nitrogens with two attached hydrogens (primary N) is 1. The Morgan fingerprint density at radius 2 is 1.92 bits per heavy atom. The van der Waals surface area contributed by atoms with Gasteiger partial charge in [-0.25, -0.2) is 0 Å². The number of rotatable bonds is 6. The van der Waals surface area contributed by atoms with Gasteiger partial charge < -0.3 is 20.4 Å². The predicted octanol–water partition coefficient (Wildman–Crippen LogP) is 2.80. The van der Waals surface area contributed by atoms with Gasteiger partial charge in [0.25, 0.3) is 0 Å². The van der Waals surface area contributed by atoms with Gasteiger partial charge in [-0.3, -0.25) is 4.79 Å². The summed E-state index contributed by atoms with van der Waals surface area (Å²) in [6, 6.07) is 14.7. The Morgan fingerprint density at radius 1 is 1.19 bits per heavy atom. The number of carbonyl (C=O) groups is 1. The second-order valence-corrected chi connectivity index (χ2v) is 6.47. The lowest BCUT2D eigenvalue weighted by atomic mass is 10.2. The molecule has 0 saturated carbocycles.